The molecule has 0 amide bonds. The molecule has 2 aromatic heterocycles. The average Bonchev–Trinajstić information content (AvgIpc) is 3.48. The van der Waals surface area contributed by atoms with E-state index in [9.17, 15) is 0 Å². The first-order valence-corrected chi connectivity index (χ1v) is 12.0. The largest absolute Gasteiger partial charge is 0.143 e. The minimum atomic E-state index is 0.531. The predicted molar refractivity (Wildman–Crippen MR) is 117 cm³/mol. The summed E-state index contributed by atoms with van der Waals surface area (Å²) in [5, 5.41) is 4.82. The molecule has 120 valence electrons. The Morgan fingerprint density at radius 2 is 1.60 bits per heavy atom. The van der Waals surface area contributed by atoms with E-state index in [0.717, 1.165) is 11.3 Å². The van der Waals surface area contributed by atoms with Crippen LogP contribution >= 0.6 is 58.0 Å². The molecule has 25 heavy (non-hydrogen) atoms. The highest BCUT2D eigenvalue weighted by Gasteiger charge is 2.22. The Morgan fingerprint density at radius 3 is 2.32 bits per heavy atom. The number of hydrogen-bond acceptors (Lipinski definition) is 5. The minimum absolute atomic E-state index is 0.531. The molecule has 0 aromatic carbocycles. The Morgan fingerprint density at radius 1 is 0.840 bits per heavy atom. The van der Waals surface area contributed by atoms with E-state index in [1.165, 1.54) is 29.3 Å². The number of rotatable bonds is 4. The molecule has 1 unspecified atom stereocenters. The molecule has 0 N–H and O–H groups in total. The van der Waals surface area contributed by atoms with Gasteiger partial charge in [0.1, 0.15) is 0 Å². The third-order valence-corrected chi connectivity index (χ3v) is 9.62. The van der Waals surface area contributed by atoms with E-state index < -0.39 is 0 Å². The molecule has 1 atom stereocenters. The van der Waals surface area contributed by atoms with E-state index in [-0.39, 0.29) is 0 Å². The molecule has 0 nitrogen and oxygen atoms in total. The van der Waals surface area contributed by atoms with Gasteiger partial charge in [0.25, 0.3) is 0 Å². The van der Waals surface area contributed by atoms with Gasteiger partial charge in [0.2, 0.25) is 0 Å². The lowest BCUT2D eigenvalue weighted by molar-refractivity contribution is 1.09. The first-order valence-electron chi connectivity index (χ1n) is 7.69. The Hall–Kier alpha value is -1.21. The second kappa shape index (κ2) is 6.83. The fourth-order valence-corrected chi connectivity index (χ4v) is 7.45. The van der Waals surface area contributed by atoms with E-state index in [1.807, 2.05) is 23.5 Å². The smallest absolute Gasteiger partial charge is 0.0804 e. The van der Waals surface area contributed by atoms with Crippen LogP contribution in [0.4, 0.5) is 0 Å². The summed E-state index contributed by atoms with van der Waals surface area (Å²) in [7, 11) is 0. The van der Waals surface area contributed by atoms with E-state index >= 15 is 0 Å². The monoisotopic (exact) mass is 410 g/mol. The summed E-state index contributed by atoms with van der Waals surface area (Å²) in [5.74, 6) is 0. The van der Waals surface area contributed by atoms with Crippen LogP contribution in [-0.2, 0) is 0 Å². The topological polar surface area (TPSA) is 0 Å². The van der Waals surface area contributed by atoms with Gasteiger partial charge in [-0.25, -0.2) is 0 Å². The summed E-state index contributed by atoms with van der Waals surface area (Å²) in [4.78, 5) is 8.60. The number of thiophene rings is 2. The molecule has 0 bridgehead atoms. The molecule has 3 aliphatic rings. The summed E-state index contributed by atoms with van der Waals surface area (Å²) in [6, 6.07) is 8.60. The zero-order valence-electron chi connectivity index (χ0n) is 12.9. The van der Waals surface area contributed by atoms with Crippen LogP contribution in [0.15, 0.2) is 69.0 Å². The fourth-order valence-electron chi connectivity index (χ4n) is 2.57. The van der Waals surface area contributed by atoms with E-state index in [4.69, 9.17) is 0 Å². The van der Waals surface area contributed by atoms with Crippen molar-refractivity contribution in [2.75, 3.05) is 0 Å². The highest BCUT2D eigenvalue weighted by atomic mass is 32.2. The molecule has 2 aromatic rings. The quantitative estimate of drug-likeness (QED) is 0.481. The second-order valence-electron chi connectivity index (χ2n) is 5.43. The molecule has 3 aliphatic heterocycles. The third kappa shape index (κ3) is 3.16. The summed E-state index contributed by atoms with van der Waals surface area (Å²) >= 11 is 9.02. The summed E-state index contributed by atoms with van der Waals surface area (Å²) in [5.41, 5.74) is 13.3. The van der Waals surface area contributed by atoms with Crippen LogP contribution in [0.2, 0.25) is 0 Å². The van der Waals surface area contributed by atoms with Crippen molar-refractivity contribution in [2.45, 2.75) is 11.7 Å². The van der Waals surface area contributed by atoms with Gasteiger partial charge in [-0.1, -0.05) is 58.6 Å². The molecule has 5 heterocycles. The van der Waals surface area contributed by atoms with Gasteiger partial charge in [0.15, 0.2) is 0 Å². The van der Waals surface area contributed by atoms with Crippen LogP contribution < -0.4 is 0 Å². The molecule has 0 spiro atoms. The van der Waals surface area contributed by atoms with Crippen LogP contribution in [-0.4, -0.2) is 5.25 Å². The Kier molecular flexibility index (Phi) is 4.37. The van der Waals surface area contributed by atoms with Gasteiger partial charge in [0, 0.05) is 4.88 Å². The van der Waals surface area contributed by atoms with Crippen molar-refractivity contribution >= 4 is 72.7 Å². The summed E-state index contributed by atoms with van der Waals surface area (Å²) in [6.07, 6.45) is 3.34. The Balaban J connectivity index is 1.38. The van der Waals surface area contributed by atoms with Crippen molar-refractivity contribution in [3.05, 3.63) is 83.6 Å². The lowest BCUT2D eigenvalue weighted by atomic mass is 10.3. The van der Waals surface area contributed by atoms with Gasteiger partial charge in [-0.2, -0.15) is 0 Å². The van der Waals surface area contributed by atoms with Crippen molar-refractivity contribution in [2.24, 2.45) is 0 Å². The van der Waals surface area contributed by atoms with Gasteiger partial charge in [-0.15, -0.1) is 34.4 Å². The van der Waals surface area contributed by atoms with Crippen molar-refractivity contribution in [3.63, 3.8) is 0 Å². The first-order chi connectivity index (χ1) is 12.4. The SMILES string of the molecule is C1=C=C(c2ccc(C3=C=C=C(C4CC=CS4)S3)s2)SC=1c1cccs1. The zero-order chi connectivity index (χ0) is 16.6. The maximum absolute atomic E-state index is 3.35. The molecule has 5 heteroatoms. The molecule has 5 rings (SSSR count). The predicted octanol–water partition coefficient (Wildman–Crippen LogP) is 7.44. The van der Waals surface area contributed by atoms with Crippen LogP contribution in [0, 0.1) is 0 Å². The Labute approximate surface area is 167 Å². The standard InChI is InChI=1S/C20H10S5/c1-3-13(21-11-1)15-5-7-17(23-15)19-9-10-20(25-19)18-8-6-16(24-18)14-4-2-12-22-14/h1-3,9-12,14H,4H2. The summed E-state index contributed by atoms with van der Waals surface area (Å²) < 4.78 is 0. The van der Waals surface area contributed by atoms with Crippen molar-refractivity contribution in [1.29, 1.82) is 0 Å². The maximum atomic E-state index is 3.35. The molecular weight excluding hydrogens is 401 g/mol. The number of hydrogen-bond donors (Lipinski definition) is 0. The normalized spacial score (nSPS) is 20.9. The highest BCUT2D eigenvalue weighted by Crippen LogP contribution is 2.48. The van der Waals surface area contributed by atoms with E-state index in [2.05, 4.69) is 64.1 Å². The highest BCUT2D eigenvalue weighted by molar-refractivity contribution is 8.17. The second-order valence-corrected chi connectivity index (χ2v) is 10.6. The van der Waals surface area contributed by atoms with E-state index in [1.54, 1.807) is 34.4 Å². The van der Waals surface area contributed by atoms with Crippen molar-refractivity contribution in [1.82, 2.24) is 0 Å². The van der Waals surface area contributed by atoms with Crippen LogP contribution in [0.1, 0.15) is 21.1 Å². The number of allylic oxidation sites excluding steroid dienone is 1. The van der Waals surface area contributed by atoms with Crippen LogP contribution in [0.5, 0.6) is 0 Å². The van der Waals surface area contributed by atoms with Gasteiger partial charge >= 0.3 is 0 Å². The van der Waals surface area contributed by atoms with Crippen LogP contribution in [0.3, 0.4) is 0 Å². The molecule has 0 saturated carbocycles. The van der Waals surface area contributed by atoms with Crippen molar-refractivity contribution < 1.29 is 0 Å². The average molecular weight is 411 g/mol. The molecule has 0 aliphatic carbocycles. The summed E-state index contributed by atoms with van der Waals surface area (Å²) in [6.45, 7) is 0. The van der Waals surface area contributed by atoms with Crippen LogP contribution in [0.25, 0.3) is 14.7 Å². The van der Waals surface area contributed by atoms with Gasteiger partial charge in [-0.05, 0) is 35.4 Å². The maximum Gasteiger partial charge on any atom is 0.0804 e. The zero-order valence-corrected chi connectivity index (χ0v) is 16.9. The van der Waals surface area contributed by atoms with E-state index in [0.29, 0.717) is 5.25 Å². The van der Waals surface area contributed by atoms with Gasteiger partial charge in [-0.3, -0.25) is 0 Å². The molecule has 0 radical (unpaired) electrons. The molecule has 0 saturated heterocycles. The first kappa shape index (κ1) is 16.0. The van der Waals surface area contributed by atoms with Gasteiger partial charge < -0.3 is 0 Å². The van der Waals surface area contributed by atoms with Gasteiger partial charge in [0.05, 0.1) is 34.6 Å². The Bertz CT molecular complexity index is 1070. The fraction of sp³-hybridized carbons (Fsp3) is 0.100. The number of thioether (sulfide) groups is 3. The molecular formula is C20H10S5. The lowest BCUT2D eigenvalue weighted by Crippen LogP contribution is -1.96. The third-order valence-electron chi connectivity index (χ3n) is 3.79. The lowest BCUT2D eigenvalue weighted by Gasteiger charge is -2.08. The minimum Gasteiger partial charge on any atom is -0.143 e. The van der Waals surface area contributed by atoms with Crippen molar-refractivity contribution in [3.8, 4) is 0 Å². The molecule has 0 fully saturated rings.